The van der Waals surface area contributed by atoms with Crippen molar-refractivity contribution >= 4 is 11.3 Å². The van der Waals surface area contributed by atoms with Crippen LogP contribution in [0.3, 0.4) is 0 Å². The minimum absolute atomic E-state index is 0.716. The van der Waals surface area contributed by atoms with Gasteiger partial charge in [0.25, 0.3) is 0 Å². The molecule has 3 nitrogen and oxygen atoms in total. The maximum Gasteiger partial charge on any atom is 0.236 e. The van der Waals surface area contributed by atoms with Crippen LogP contribution >= 0.6 is 11.3 Å². The van der Waals surface area contributed by atoms with Gasteiger partial charge in [-0.05, 0) is 26.1 Å². The molecule has 0 bridgehead atoms. The zero-order valence-electron chi connectivity index (χ0n) is 8.20. The Balaban J connectivity index is 2.24. The van der Waals surface area contributed by atoms with Gasteiger partial charge >= 0.3 is 0 Å². The fraction of sp³-hybridized carbons (Fsp3) is 0.300. The van der Waals surface area contributed by atoms with Crippen molar-refractivity contribution in [2.24, 2.45) is 0 Å². The minimum atomic E-state index is 0.716. The summed E-state index contributed by atoms with van der Waals surface area (Å²) in [6.45, 7) is 2.79. The van der Waals surface area contributed by atoms with E-state index in [1.807, 2.05) is 13.1 Å². The van der Waals surface area contributed by atoms with Gasteiger partial charge in [-0.2, -0.15) is 0 Å². The van der Waals surface area contributed by atoms with Gasteiger partial charge in [0.05, 0.1) is 17.6 Å². The number of nitrogens with zero attached hydrogens (tertiary/aromatic N) is 1. The van der Waals surface area contributed by atoms with Crippen molar-refractivity contribution in [1.29, 1.82) is 0 Å². The molecular weight excluding hydrogens is 196 g/mol. The number of oxazole rings is 1. The molecule has 0 aliphatic heterocycles. The van der Waals surface area contributed by atoms with Crippen LogP contribution in [0, 0.1) is 6.92 Å². The molecule has 0 aliphatic carbocycles. The van der Waals surface area contributed by atoms with Crippen LogP contribution < -0.4 is 5.32 Å². The van der Waals surface area contributed by atoms with Crippen LogP contribution in [0.25, 0.3) is 10.8 Å². The van der Waals surface area contributed by atoms with E-state index in [4.69, 9.17) is 4.42 Å². The molecule has 0 radical (unpaired) electrons. The first-order chi connectivity index (χ1) is 6.79. The Morgan fingerprint density at radius 1 is 1.50 bits per heavy atom. The van der Waals surface area contributed by atoms with Gasteiger partial charge in [-0.25, -0.2) is 4.98 Å². The Hall–Kier alpha value is -1.13. The first-order valence-electron chi connectivity index (χ1n) is 4.45. The molecule has 0 aromatic carbocycles. The molecule has 0 saturated carbocycles. The van der Waals surface area contributed by atoms with Crippen molar-refractivity contribution in [2.75, 3.05) is 7.05 Å². The molecule has 0 atom stereocenters. The molecule has 0 amide bonds. The first kappa shape index (κ1) is 9.43. The van der Waals surface area contributed by atoms with Crippen LogP contribution in [0.1, 0.15) is 10.6 Å². The van der Waals surface area contributed by atoms with Crippen LogP contribution in [0.4, 0.5) is 0 Å². The van der Waals surface area contributed by atoms with Gasteiger partial charge in [0.2, 0.25) is 5.89 Å². The molecular formula is C10H12N2OS. The van der Waals surface area contributed by atoms with E-state index in [1.54, 1.807) is 17.5 Å². The summed E-state index contributed by atoms with van der Waals surface area (Å²) in [4.78, 5) is 6.58. The maximum absolute atomic E-state index is 5.56. The second kappa shape index (κ2) is 3.94. The fourth-order valence-corrected chi connectivity index (χ4v) is 2.03. The highest BCUT2D eigenvalue weighted by Gasteiger charge is 2.07. The van der Waals surface area contributed by atoms with Gasteiger partial charge in [-0.1, -0.05) is 0 Å². The average molecular weight is 208 g/mol. The predicted octanol–water partition coefficient (Wildman–Crippen LogP) is 2.43. The van der Waals surface area contributed by atoms with Crippen LogP contribution in [0.5, 0.6) is 0 Å². The Morgan fingerprint density at radius 3 is 3.00 bits per heavy atom. The number of aromatic nitrogens is 1. The maximum atomic E-state index is 5.56. The van der Waals surface area contributed by atoms with Crippen molar-refractivity contribution in [3.05, 3.63) is 29.0 Å². The number of rotatable bonds is 3. The van der Waals surface area contributed by atoms with Gasteiger partial charge < -0.3 is 9.73 Å². The summed E-state index contributed by atoms with van der Waals surface area (Å²) in [5.74, 6) is 1.59. The van der Waals surface area contributed by atoms with Crippen molar-refractivity contribution < 1.29 is 4.42 Å². The first-order valence-corrected chi connectivity index (χ1v) is 5.27. The number of thiophene rings is 1. The van der Waals surface area contributed by atoms with Crippen molar-refractivity contribution in [3.63, 3.8) is 0 Å². The lowest BCUT2D eigenvalue weighted by Gasteiger charge is -1.91. The molecule has 2 aromatic heterocycles. The molecule has 74 valence electrons. The topological polar surface area (TPSA) is 38.1 Å². The van der Waals surface area contributed by atoms with E-state index in [0.29, 0.717) is 5.89 Å². The van der Waals surface area contributed by atoms with E-state index in [-0.39, 0.29) is 0 Å². The van der Waals surface area contributed by atoms with Crippen LogP contribution in [-0.4, -0.2) is 12.0 Å². The van der Waals surface area contributed by atoms with Gasteiger partial charge in [-0.3, -0.25) is 0 Å². The molecule has 0 spiro atoms. The van der Waals surface area contributed by atoms with E-state index >= 15 is 0 Å². The second-order valence-corrected chi connectivity index (χ2v) is 4.36. The summed E-state index contributed by atoms with van der Waals surface area (Å²) in [5, 5.41) is 3.02. The lowest BCUT2D eigenvalue weighted by atomic mass is 10.4. The highest BCUT2D eigenvalue weighted by atomic mass is 32.1. The zero-order valence-corrected chi connectivity index (χ0v) is 9.02. The van der Waals surface area contributed by atoms with Gasteiger partial charge in [0, 0.05) is 4.88 Å². The highest BCUT2D eigenvalue weighted by Crippen LogP contribution is 2.26. The third-order valence-corrected chi connectivity index (χ3v) is 2.84. The lowest BCUT2D eigenvalue weighted by molar-refractivity contribution is 0.504. The summed E-state index contributed by atoms with van der Waals surface area (Å²) in [6.07, 6.45) is 1.76. The molecule has 1 N–H and O–H groups in total. The van der Waals surface area contributed by atoms with E-state index < -0.39 is 0 Å². The number of hydrogen-bond acceptors (Lipinski definition) is 4. The molecule has 2 heterocycles. The minimum Gasteiger partial charge on any atom is -0.439 e. The van der Waals surface area contributed by atoms with Crippen molar-refractivity contribution in [2.45, 2.75) is 13.5 Å². The second-order valence-electron chi connectivity index (χ2n) is 3.07. The van der Waals surface area contributed by atoms with E-state index in [1.165, 1.54) is 4.88 Å². The number of aryl methyl sites for hydroxylation is 1. The summed E-state index contributed by atoms with van der Waals surface area (Å²) < 4.78 is 5.56. The smallest absolute Gasteiger partial charge is 0.236 e. The predicted molar refractivity (Wildman–Crippen MR) is 57.3 cm³/mol. The number of hydrogen-bond donors (Lipinski definition) is 1. The summed E-state index contributed by atoms with van der Waals surface area (Å²) in [5.41, 5.74) is 0. The third kappa shape index (κ3) is 1.86. The van der Waals surface area contributed by atoms with Gasteiger partial charge in [0.15, 0.2) is 0 Å². The Labute approximate surface area is 86.8 Å². The number of nitrogens with one attached hydrogen (secondary N) is 1. The Bertz CT molecular complexity index is 419. The summed E-state index contributed by atoms with van der Waals surface area (Å²) >= 11 is 1.70. The molecule has 14 heavy (non-hydrogen) atoms. The summed E-state index contributed by atoms with van der Waals surface area (Å²) in [6, 6.07) is 4.11. The van der Waals surface area contributed by atoms with Gasteiger partial charge in [-0.15, -0.1) is 11.3 Å². The van der Waals surface area contributed by atoms with E-state index in [2.05, 4.69) is 23.3 Å². The SMILES string of the molecule is CNCc1cnc(-c2ccc(C)s2)o1. The zero-order chi connectivity index (χ0) is 9.97. The molecule has 0 saturated heterocycles. The fourth-order valence-electron chi connectivity index (χ4n) is 1.23. The molecule has 0 unspecified atom stereocenters. The van der Waals surface area contributed by atoms with Crippen LogP contribution in [-0.2, 0) is 6.54 Å². The molecule has 0 aliphatic rings. The standard InChI is InChI=1S/C10H12N2OS/c1-7-3-4-9(14-7)10-12-6-8(13-10)5-11-2/h3-4,6,11H,5H2,1-2H3. The lowest BCUT2D eigenvalue weighted by Crippen LogP contribution is -2.03. The molecule has 2 rings (SSSR count). The molecule has 4 heteroatoms. The van der Waals surface area contributed by atoms with Gasteiger partial charge in [0.1, 0.15) is 5.76 Å². The Kier molecular flexibility index (Phi) is 2.65. The van der Waals surface area contributed by atoms with Crippen LogP contribution in [0.2, 0.25) is 0 Å². The third-order valence-electron chi connectivity index (χ3n) is 1.86. The van der Waals surface area contributed by atoms with E-state index in [0.717, 1.165) is 17.2 Å². The average Bonchev–Trinajstić information content (AvgIpc) is 2.74. The molecule has 0 fully saturated rings. The molecule has 2 aromatic rings. The van der Waals surface area contributed by atoms with Crippen LogP contribution in [0.15, 0.2) is 22.7 Å². The van der Waals surface area contributed by atoms with Crippen molar-refractivity contribution in [1.82, 2.24) is 10.3 Å². The highest BCUT2D eigenvalue weighted by molar-refractivity contribution is 7.15. The monoisotopic (exact) mass is 208 g/mol. The summed E-state index contributed by atoms with van der Waals surface area (Å²) in [7, 11) is 1.89. The normalized spacial score (nSPS) is 10.7. The largest absolute Gasteiger partial charge is 0.439 e. The quantitative estimate of drug-likeness (QED) is 0.841. The Morgan fingerprint density at radius 2 is 2.36 bits per heavy atom. The van der Waals surface area contributed by atoms with E-state index in [9.17, 15) is 0 Å². The van der Waals surface area contributed by atoms with Crippen molar-refractivity contribution in [3.8, 4) is 10.8 Å².